The van der Waals surface area contributed by atoms with Crippen molar-refractivity contribution in [2.45, 2.75) is 51.1 Å². The van der Waals surface area contributed by atoms with Gasteiger partial charge in [0.05, 0.1) is 0 Å². The molecule has 1 saturated carbocycles. The van der Waals surface area contributed by atoms with Gasteiger partial charge in [0.1, 0.15) is 17.5 Å². The summed E-state index contributed by atoms with van der Waals surface area (Å²) in [7, 11) is 0. The van der Waals surface area contributed by atoms with Crippen LogP contribution >= 0.6 is 0 Å². The molecule has 3 atom stereocenters. The van der Waals surface area contributed by atoms with Gasteiger partial charge in [0, 0.05) is 35.7 Å². The quantitative estimate of drug-likeness (QED) is 0.510. The Morgan fingerprint density at radius 3 is 2.68 bits per heavy atom. The van der Waals surface area contributed by atoms with Crippen molar-refractivity contribution < 1.29 is 26.5 Å². The van der Waals surface area contributed by atoms with Crippen molar-refractivity contribution in [1.82, 2.24) is 10.1 Å². The molecule has 1 saturated heterocycles. The molecule has 0 spiro atoms. The summed E-state index contributed by atoms with van der Waals surface area (Å²) in [5, 5.41) is 3.71. The summed E-state index contributed by atoms with van der Waals surface area (Å²) < 4.78 is 72.3. The number of hydrogen-bond donors (Lipinski definition) is 0. The second-order valence-electron chi connectivity index (χ2n) is 9.18. The van der Waals surface area contributed by atoms with Crippen LogP contribution in [-0.4, -0.2) is 29.1 Å². The highest BCUT2D eigenvalue weighted by atomic mass is 19.4. The van der Waals surface area contributed by atoms with E-state index in [1.165, 1.54) is 6.92 Å². The molecule has 0 N–H and O–H groups in total. The van der Waals surface area contributed by atoms with Gasteiger partial charge in [0.25, 0.3) is 0 Å². The third kappa shape index (κ3) is 3.85. The lowest BCUT2D eigenvalue weighted by molar-refractivity contribution is -0.138. The summed E-state index contributed by atoms with van der Waals surface area (Å²) in [4.78, 5) is 1.95. The highest BCUT2D eigenvalue weighted by molar-refractivity contribution is 5.67. The molecule has 2 fully saturated rings. The summed E-state index contributed by atoms with van der Waals surface area (Å²) in [5.41, 5.74) is 1.58. The second kappa shape index (κ2) is 7.07. The Morgan fingerprint density at radius 2 is 2.03 bits per heavy atom. The third-order valence-corrected chi connectivity index (χ3v) is 6.84. The molecule has 2 aliphatic rings. The number of nitrogens with zero attached hydrogens (tertiary/aromatic N) is 2. The average Bonchev–Trinajstić information content (AvgIpc) is 3.04. The van der Waals surface area contributed by atoms with Gasteiger partial charge < -0.3 is 9.42 Å². The molecule has 31 heavy (non-hydrogen) atoms. The Labute approximate surface area is 177 Å². The third-order valence-electron chi connectivity index (χ3n) is 6.84. The number of rotatable bonds is 6. The van der Waals surface area contributed by atoms with E-state index in [9.17, 15) is 22.0 Å². The molecule has 3 unspecified atom stereocenters. The van der Waals surface area contributed by atoms with Gasteiger partial charge in [-0.1, -0.05) is 36.4 Å². The molecule has 8 heteroatoms. The fourth-order valence-corrected chi connectivity index (χ4v) is 4.67. The molecule has 1 aromatic heterocycles. The minimum atomic E-state index is -4.52. The standard InChI is InChI=1S/C23H25F5N2O/c1-13-5-6-16(8-14(2)21(4,24)25)18(7-13)15(3)30-10-17-9-22(17,12-30)20-19(11-31-29-20)23(26,27)28/h5-7,11,14,17H,3,8-10,12H2,1-2,4H3. The van der Waals surface area contributed by atoms with Crippen molar-refractivity contribution in [2.75, 3.05) is 13.1 Å². The van der Waals surface area contributed by atoms with Gasteiger partial charge in [-0.2, -0.15) is 13.2 Å². The number of likely N-dealkylation sites (tertiary alicyclic amines) is 1. The lowest BCUT2D eigenvalue weighted by Crippen LogP contribution is -2.28. The van der Waals surface area contributed by atoms with E-state index in [-0.39, 0.29) is 18.0 Å². The number of halogens is 5. The van der Waals surface area contributed by atoms with Crippen LogP contribution in [0.15, 0.2) is 35.6 Å². The molecule has 0 bridgehead atoms. The highest BCUT2D eigenvalue weighted by Crippen LogP contribution is 2.61. The van der Waals surface area contributed by atoms with Gasteiger partial charge in [0.15, 0.2) is 0 Å². The van der Waals surface area contributed by atoms with Gasteiger partial charge >= 0.3 is 6.18 Å². The zero-order valence-corrected chi connectivity index (χ0v) is 17.7. The van der Waals surface area contributed by atoms with Gasteiger partial charge in [0.2, 0.25) is 5.92 Å². The van der Waals surface area contributed by atoms with Crippen molar-refractivity contribution in [2.24, 2.45) is 11.8 Å². The maximum Gasteiger partial charge on any atom is 0.421 e. The predicted octanol–water partition coefficient (Wildman–Crippen LogP) is 6.08. The number of benzene rings is 1. The average molecular weight is 440 g/mol. The van der Waals surface area contributed by atoms with E-state index < -0.39 is 29.0 Å². The van der Waals surface area contributed by atoms with E-state index in [0.29, 0.717) is 31.5 Å². The molecule has 0 amide bonds. The molecule has 3 nitrogen and oxygen atoms in total. The van der Waals surface area contributed by atoms with Gasteiger partial charge in [-0.25, -0.2) is 8.78 Å². The first kappa shape index (κ1) is 21.8. The number of aromatic nitrogens is 1. The van der Waals surface area contributed by atoms with Crippen LogP contribution in [0.2, 0.25) is 0 Å². The van der Waals surface area contributed by atoms with Crippen LogP contribution in [0, 0.1) is 18.8 Å². The van der Waals surface area contributed by atoms with E-state index in [4.69, 9.17) is 0 Å². The number of aryl methyl sites for hydroxylation is 1. The fourth-order valence-electron chi connectivity index (χ4n) is 4.67. The molecular weight excluding hydrogens is 415 g/mol. The van der Waals surface area contributed by atoms with Crippen molar-refractivity contribution >= 4 is 5.70 Å². The maximum absolute atomic E-state index is 13.8. The van der Waals surface area contributed by atoms with E-state index in [1.54, 1.807) is 0 Å². The van der Waals surface area contributed by atoms with Gasteiger partial charge in [-0.15, -0.1) is 0 Å². The summed E-state index contributed by atoms with van der Waals surface area (Å²) in [6.07, 6.45) is -3.05. The molecule has 1 aromatic carbocycles. The van der Waals surface area contributed by atoms with E-state index in [0.717, 1.165) is 23.6 Å². The number of hydrogen-bond acceptors (Lipinski definition) is 3. The summed E-state index contributed by atoms with van der Waals surface area (Å²) in [5.74, 6) is -3.64. The lowest BCUT2D eigenvalue weighted by Gasteiger charge is -2.28. The first-order chi connectivity index (χ1) is 14.3. The van der Waals surface area contributed by atoms with Crippen LogP contribution in [0.4, 0.5) is 22.0 Å². The molecular formula is C23H25F5N2O. The van der Waals surface area contributed by atoms with Crippen molar-refractivity contribution in [3.05, 3.63) is 59.0 Å². The van der Waals surface area contributed by atoms with Gasteiger partial charge in [-0.3, -0.25) is 0 Å². The van der Waals surface area contributed by atoms with E-state index in [2.05, 4.69) is 16.3 Å². The van der Waals surface area contributed by atoms with Crippen LogP contribution in [0.1, 0.15) is 48.2 Å². The second-order valence-corrected chi connectivity index (χ2v) is 9.18. The van der Waals surface area contributed by atoms with Crippen LogP contribution in [0.25, 0.3) is 5.70 Å². The van der Waals surface area contributed by atoms with Gasteiger partial charge in [-0.05, 0) is 44.2 Å². The Morgan fingerprint density at radius 1 is 1.32 bits per heavy atom. The Bertz CT molecular complexity index is 1010. The number of piperidine rings is 1. The largest absolute Gasteiger partial charge is 0.421 e. The lowest BCUT2D eigenvalue weighted by atomic mass is 9.91. The maximum atomic E-state index is 13.8. The topological polar surface area (TPSA) is 29.3 Å². The summed E-state index contributed by atoms with van der Waals surface area (Å²) >= 11 is 0. The first-order valence-electron chi connectivity index (χ1n) is 10.3. The molecule has 0 radical (unpaired) electrons. The highest BCUT2D eigenvalue weighted by Gasteiger charge is 2.65. The first-order valence-corrected chi connectivity index (χ1v) is 10.3. The molecule has 168 valence electrons. The zero-order valence-electron chi connectivity index (χ0n) is 17.7. The van der Waals surface area contributed by atoms with Crippen molar-refractivity contribution in [1.29, 1.82) is 0 Å². The SMILES string of the molecule is C=C(c1cc(C)ccc1CC(C)C(C)(F)F)N1CC2CC2(c2nocc2C(F)(F)F)C1. The fraction of sp³-hybridized carbons (Fsp3) is 0.522. The normalized spacial score (nSPS) is 24.3. The Hall–Kier alpha value is -2.38. The monoisotopic (exact) mass is 440 g/mol. The van der Waals surface area contributed by atoms with Crippen LogP contribution in [0.5, 0.6) is 0 Å². The van der Waals surface area contributed by atoms with E-state index in [1.807, 2.05) is 30.0 Å². The summed E-state index contributed by atoms with van der Waals surface area (Å²) in [6.45, 7) is 9.42. The predicted molar refractivity (Wildman–Crippen MR) is 107 cm³/mol. The summed E-state index contributed by atoms with van der Waals surface area (Å²) in [6, 6.07) is 5.62. The van der Waals surface area contributed by atoms with Crippen LogP contribution < -0.4 is 0 Å². The number of fused-ring (bicyclic) bond motifs is 1. The molecule has 2 aromatic rings. The smallest absolute Gasteiger partial charge is 0.370 e. The Balaban J connectivity index is 1.59. The van der Waals surface area contributed by atoms with Crippen LogP contribution in [-0.2, 0) is 18.0 Å². The van der Waals surface area contributed by atoms with Crippen molar-refractivity contribution in [3.8, 4) is 0 Å². The molecule has 1 aliphatic carbocycles. The van der Waals surface area contributed by atoms with Crippen molar-refractivity contribution in [3.63, 3.8) is 0 Å². The number of alkyl halides is 5. The molecule has 1 aliphatic heterocycles. The van der Waals surface area contributed by atoms with E-state index >= 15 is 0 Å². The minimum absolute atomic E-state index is 0.0302. The van der Waals surface area contributed by atoms with Crippen LogP contribution in [0.3, 0.4) is 0 Å². The zero-order chi connectivity index (χ0) is 22.8. The molecule has 4 rings (SSSR count). The molecule has 2 heterocycles. The Kier molecular flexibility index (Phi) is 4.98. The minimum Gasteiger partial charge on any atom is -0.370 e.